The molecule has 2 amide bonds. The molecule has 0 spiro atoms. The highest BCUT2D eigenvalue weighted by Crippen LogP contribution is 2.20. The van der Waals surface area contributed by atoms with Crippen LogP contribution in [0, 0.1) is 20.8 Å². The molecule has 5 heteroatoms. The van der Waals surface area contributed by atoms with Crippen molar-refractivity contribution in [1.29, 1.82) is 0 Å². The number of amides is 2. The van der Waals surface area contributed by atoms with Crippen LogP contribution in [0.5, 0.6) is 0 Å². The van der Waals surface area contributed by atoms with E-state index in [0.29, 0.717) is 18.7 Å². The van der Waals surface area contributed by atoms with Crippen LogP contribution in [0.4, 0.5) is 0 Å². The van der Waals surface area contributed by atoms with E-state index in [-0.39, 0.29) is 17.9 Å². The smallest absolute Gasteiger partial charge is 0.243 e. The van der Waals surface area contributed by atoms with E-state index >= 15 is 0 Å². The topological polar surface area (TPSA) is 49.4 Å². The molecular weight excluding hydrogens is 476 g/mol. The van der Waals surface area contributed by atoms with Gasteiger partial charge in [0.2, 0.25) is 11.8 Å². The van der Waals surface area contributed by atoms with Gasteiger partial charge in [0.25, 0.3) is 0 Å². The second-order valence-electron chi connectivity index (χ2n) is 10.0. The Morgan fingerprint density at radius 1 is 0.838 bits per heavy atom. The maximum Gasteiger partial charge on any atom is 0.243 e. The Bertz CT molecular complexity index is 1140. The van der Waals surface area contributed by atoms with Gasteiger partial charge in [-0.15, -0.1) is 11.8 Å². The van der Waals surface area contributed by atoms with Crippen molar-refractivity contribution in [2.45, 2.75) is 71.8 Å². The number of rotatable bonds is 12. The molecule has 37 heavy (non-hydrogen) atoms. The summed E-state index contributed by atoms with van der Waals surface area (Å²) in [6, 6.07) is 24.1. The van der Waals surface area contributed by atoms with Crippen molar-refractivity contribution in [2.24, 2.45) is 0 Å². The van der Waals surface area contributed by atoms with Crippen molar-refractivity contribution < 1.29 is 9.59 Å². The standard InChI is InChI=1S/C32H40N2O2S/c1-6-26(5)33-32(36)30(19-27-10-8-7-9-11-27)34(20-28-14-12-23(2)13-15-28)31(35)22-37-21-29-17-24(3)16-25(4)18-29/h7-18,26,30H,6,19-22H2,1-5H3,(H,33,36). The van der Waals surface area contributed by atoms with Crippen LogP contribution >= 0.6 is 11.8 Å². The zero-order valence-corrected chi connectivity index (χ0v) is 23.6. The predicted molar refractivity (Wildman–Crippen MR) is 156 cm³/mol. The van der Waals surface area contributed by atoms with Crippen LogP contribution in [0.15, 0.2) is 72.8 Å². The summed E-state index contributed by atoms with van der Waals surface area (Å²) in [6.45, 7) is 10.7. The largest absolute Gasteiger partial charge is 0.352 e. The number of carbonyl (C=O) groups excluding carboxylic acids is 2. The molecule has 3 aromatic carbocycles. The van der Waals surface area contributed by atoms with Gasteiger partial charge in [0.15, 0.2) is 0 Å². The maximum absolute atomic E-state index is 13.8. The first kappa shape index (κ1) is 28.5. The number of carbonyl (C=O) groups is 2. The highest BCUT2D eigenvalue weighted by molar-refractivity contribution is 7.99. The van der Waals surface area contributed by atoms with Crippen LogP contribution in [0.1, 0.15) is 53.6 Å². The van der Waals surface area contributed by atoms with E-state index in [2.05, 4.69) is 56.4 Å². The summed E-state index contributed by atoms with van der Waals surface area (Å²) in [4.78, 5) is 29.1. The van der Waals surface area contributed by atoms with Crippen LogP contribution in [0.25, 0.3) is 0 Å². The van der Waals surface area contributed by atoms with Crippen LogP contribution in [0.2, 0.25) is 0 Å². The molecule has 3 rings (SSSR count). The Morgan fingerprint density at radius 2 is 1.49 bits per heavy atom. The fourth-order valence-electron chi connectivity index (χ4n) is 4.38. The number of hydrogen-bond donors (Lipinski definition) is 1. The Balaban J connectivity index is 1.85. The summed E-state index contributed by atoms with van der Waals surface area (Å²) in [7, 11) is 0. The predicted octanol–water partition coefficient (Wildman–Crippen LogP) is 6.40. The van der Waals surface area contributed by atoms with E-state index in [9.17, 15) is 9.59 Å². The summed E-state index contributed by atoms with van der Waals surface area (Å²) in [5, 5.41) is 3.13. The third-order valence-corrected chi connectivity index (χ3v) is 7.51. The number of nitrogens with one attached hydrogen (secondary N) is 1. The summed E-state index contributed by atoms with van der Waals surface area (Å²) in [5.41, 5.74) is 6.90. The van der Waals surface area contributed by atoms with Crippen LogP contribution in [-0.4, -0.2) is 34.6 Å². The van der Waals surface area contributed by atoms with Crippen molar-refractivity contribution in [3.8, 4) is 0 Å². The van der Waals surface area contributed by atoms with E-state index in [1.807, 2.05) is 56.3 Å². The van der Waals surface area contributed by atoms with E-state index < -0.39 is 6.04 Å². The molecule has 2 atom stereocenters. The van der Waals surface area contributed by atoms with Crippen LogP contribution in [0.3, 0.4) is 0 Å². The minimum absolute atomic E-state index is 0.0183. The van der Waals surface area contributed by atoms with Gasteiger partial charge in [-0.2, -0.15) is 0 Å². The molecule has 1 N–H and O–H groups in total. The molecule has 0 aromatic heterocycles. The zero-order chi connectivity index (χ0) is 26.8. The Morgan fingerprint density at radius 3 is 2.11 bits per heavy atom. The van der Waals surface area contributed by atoms with E-state index in [4.69, 9.17) is 0 Å². The molecule has 196 valence electrons. The molecule has 0 aliphatic rings. The van der Waals surface area contributed by atoms with Crippen molar-refractivity contribution in [3.63, 3.8) is 0 Å². The minimum atomic E-state index is -0.591. The number of thioether (sulfide) groups is 1. The number of nitrogens with zero attached hydrogens (tertiary/aromatic N) is 1. The summed E-state index contributed by atoms with van der Waals surface area (Å²) in [5.74, 6) is 0.962. The number of aryl methyl sites for hydroxylation is 3. The molecule has 0 heterocycles. The van der Waals surface area contributed by atoms with Gasteiger partial charge >= 0.3 is 0 Å². The molecule has 4 nitrogen and oxygen atoms in total. The average molecular weight is 517 g/mol. The van der Waals surface area contributed by atoms with Gasteiger partial charge in [0.1, 0.15) is 6.04 Å². The highest BCUT2D eigenvalue weighted by atomic mass is 32.2. The van der Waals surface area contributed by atoms with E-state index in [0.717, 1.165) is 23.3 Å². The maximum atomic E-state index is 13.8. The summed E-state index contributed by atoms with van der Waals surface area (Å²) >= 11 is 1.60. The first-order valence-corrected chi connectivity index (χ1v) is 14.2. The zero-order valence-electron chi connectivity index (χ0n) is 22.8. The van der Waals surface area contributed by atoms with Gasteiger partial charge in [-0.05, 0) is 50.8 Å². The third-order valence-electron chi connectivity index (χ3n) is 6.52. The van der Waals surface area contributed by atoms with Crippen LogP contribution in [-0.2, 0) is 28.3 Å². The molecular formula is C32H40N2O2S. The fraction of sp³-hybridized carbons (Fsp3) is 0.375. The fourth-order valence-corrected chi connectivity index (χ4v) is 5.22. The van der Waals surface area contributed by atoms with Gasteiger partial charge < -0.3 is 10.2 Å². The van der Waals surface area contributed by atoms with Gasteiger partial charge in [-0.1, -0.05) is 96.4 Å². The van der Waals surface area contributed by atoms with Gasteiger partial charge in [-0.25, -0.2) is 0 Å². The van der Waals surface area contributed by atoms with Gasteiger partial charge in [-0.3, -0.25) is 9.59 Å². The Labute approximate surface area is 226 Å². The highest BCUT2D eigenvalue weighted by Gasteiger charge is 2.30. The molecule has 0 aliphatic carbocycles. The molecule has 0 radical (unpaired) electrons. The summed E-state index contributed by atoms with van der Waals surface area (Å²) in [6.07, 6.45) is 1.31. The molecule has 0 saturated heterocycles. The van der Waals surface area contributed by atoms with Crippen molar-refractivity contribution >= 4 is 23.6 Å². The first-order chi connectivity index (χ1) is 17.7. The van der Waals surface area contributed by atoms with Crippen molar-refractivity contribution in [1.82, 2.24) is 10.2 Å². The van der Waals surface area contributed by atoms with Crippen molar-refractivity contribution in [2.75, 3.05) is 5.75 Å². The third kappa shape index (κ3) is 9.08. The Kier molecular flexibility index (Phi) is 10.8. The molecule has 0 aliphatic heterocycles. The molecule has 0 saturated carbocycles. The number of benzene rings is 3. The van der Waals surface area contributed by atoms with Gasteiger partial charge in [0, 0.05) is 24.8 Å². The lowest BCUT2D eigenvalue weighted by molar-refractivity contribution is -0.139. The quantitative estimate of drug-likeness (QED) is 0.303. The molecule has 3 aromatic rings. The van der Waals surface area contributed by atoms with E-state index in [1.54, 1.807) is 16.7 Å². The minimum Gasteiger partial charge on any atom is -0.352 e. The second kappa shape index (κ2) is 14.0. The summed E-state index contributed by atoms with van der Waals surface area (Å²) < 4.78 is 0. The lowest BCUT2D eigenvalue weighted by atomic mass is 10.0. The average Bonchev–Trinajstić information content (AvgIpc) is 2.87. The lowest BCUT2D eigenvalue weighted by Crippen LogP contribution is -2.52. The van der Waals surface area contributed by atoms with E-state index in [1.165, 1.54) is 22.3 Å². The Hall–Kier alpha value is -3.05. The first-order valence-electron chi connectivity index (χ1n) is 13.1. The van der Waals surface area contributed by atoms with Crippen molar-refractivity contribution in [3.05, 3.63) is 106 Å². The molecule has 2 unspecified atom stereocenters. The lowest BCUT2D eigenvalue weighted by Gasteiger charge is -2.32. The van der Waals surface area contributed by atoms with Crippen LogP contribution < -0.4 is 5.32 Å². The number of hydrogen-bond acceptors (Lipinski definition) is 3. The van der Waals surface area contributed by atoms with Gasteiger partial charge in [0.05, 0.1) is 5.75 Å². The molecule has 0 fully saturated rings. The molecule has 0 bridgehead atoms. The second-order valence-corrected chi connectivity index (χ2v) is 11.0. The monoisotopic (exact) mass is 516 g/mol. The normalized spacial score (nSPS) is 12.6. The SMILES string of the molecule is CCC(C)NC(=O)C(Cc1ccccc1)N(Cc1ccc(C)cc1)C(=O)CSCc1cc(C)cc(C)c1.